The number of hydrogen-bond acceptors (Lipinski definition) is 4. The van der Waals surface area contributed by atoms with Crippen LogP contribution in [0.5, 0.6) is 0 Å². The normalized spacial score (nSPS) is 18.6. The molecule has 0 rings (SSSR count). The average molecular weight is 203 g/mol. The van der Waals surface area contributed by atoms with Gasteiger partial charge < -0.3 is 10.5 Å². The van der Waals surface area contributed by atoms with E-state index in [1.165, 1.54) is 0 Å². The number of rotatable bonds is 6. The van der Waals surface area contributed by atoms with Crippen molar-refractivity contribution in [2.24, 2.45) is 5.73 Å². The highest BCUT2D eigenvalue weighted by Crippen LogP contribution is 2.07. The predicted octanol–water partition coefficient (Wildman–Crippen LogP) is 0.883. The smallest absolute Gasteiger partial charge is 0.110 e. The fourth-order valence-electron chi connectivity index (χ4n) is 1.06. The Kier molecular flexibility index (Phi) is 6.27. The molecular weight excluding hydrogens is 178 g/mol. The molecule has 0 bridgehead atoms. The maximum Gasteiger partial charge on any atom is 0.110 e. The lowest BCUT2D eigenvalue weighted by Crippen LogP contribution is -2.47. The van der Waals surface area contributed by atoms with E-state index in [1.54, 1.807) is 0 Å². The zero-order chi connectivity index (χ0) is 11.3. The Morgan fingerprint density at radius 2 is 1.64 bits per heavy atom. The maximum absolute atomic E-state index is 5.90. The molecule has 0 aliphatic rings. The van der Waals surface area contributed by atoms with Crippen LogP contribution in [-0.4, -0.2) is 49.6 Å². The van der Waals surface area contributed by atoms with Gasteiger partial charge in [-0.05, 0) is 41.4 Å². The Balaban J connectivity index is 4.00. The second-order valence-corrected chi connectivity index (χ2v) is 3.94. The van der Waals surface area contributed by atoms with Gasteiger partial charge in [0.2, 0.25) is 0 Å². The third kappa shape index (κ3) is 4.37. The molecule has 4 heteroatoms. The topological polar surface area (TPSA) is 41.7 Å². The van der Waals surface area contributed by atoms with E-state index in [0.717, 1.165) is 6.42 Å². The van der Waals surface area contributed by atoms with Crippen molar-refractivity contribution < 1.29 is 4.74 Å². The molecule has 0 radical (unpaired) electrons. The lowest BCUT2D eigenvalue weighted by atomic mass is 10.3. The summed E-state index contributed by atoms with van der Waals surface area (Å²) in [6.45, 7) is 6.13. The summed E-state index contributed by atoms with van der Waals surface area (Å²) in [4.78, 5) is 4.07. The summed E-state index contributed by atoms with van der Waals surface area (Å²) in [5.74, 6) is 0. The highest BCUT2D eigenvalue weighted by atomic mass is 16.5. The van der Waals surface area contributed by atoms with Crippen LogP contribution in [0.1, 0.15) is 27.2 Å². The summed E-state index contributed by atoms with van der Waals surface area (Å²) in [5, 5.41) is 0. The van der Waals surface area contributed by atoms with Gasteiger partial charge in [-0.15, -0.1) is 0 Å². The standard InChI is InChI=1S/C10H25N3O/c1-7-10(11)13(6)9(3)14-8(2)12(4)5/h8-10H,7,11H2,1-6H3. The second kappa shape index (κ2) is 6.35. The minimum absolute atomic E-state index is 0.0438. The van der Waals surface area contributed by atoms with Crippen LogP contribution in [0.25, 0.3) is 0 Å². The molecule has 86 valence electrons. The van der Waals surface area contributed by atoms with Gasteiger partial charge in [0.25, 0.3) is 0 Å². The van der Waals surface area contributed by atoms with Crippen LogP contribution in [0.3, 0.4) is 0 Å². The first-order valence-corrected chi connectivity index (χ1v) is 5.19. The Morgan fingerprint density at radius 3 is 2.00 bits per heavy atom. The molecule has 2 N–H and O–H groups in total. The van der Waals surface area contributed by atoms with E-state index >= 15 is 0 Å². The van der Waals surface area contributed by atoms with Gasteiger partial charge in [-0.1, -0.05) is 6.92 Å². The van der Waals surface area contributed by atoms with Crippen molar-refractivity contribution in [3.63, 3.8) is 0 Å². The predicted molar refractivity (Wildman–Crippen MR) is 59.7 cm³/mol. The van der Waals surface area contributed by atoms with Crippen molar-refractivity contribution in [1.29, 1.82) is 0 Å². The lowest BCUT2D eigenvalue weighted by Gasteiger charge is -2.33. The first-order valence-electron chi connectivity index (χ1n) is 5.19. The summed E-state index contributed by atoms with van der Waals surface area (Å²) in [5.41, 5.74) is 5.90. The Morgan fingerprint density at radius 1 is 1.14 bits per heavy atom. The number of hydrogen-bond donors (Lipinski definition) is 1. The largest absolute Gasteiger partial charge is 0.345 e. The third-order valence-electron chi connectivity index (χ3n) is 2.64. The quantitative estimate of drug-likeness (QED) is 0.651. The van der Waals surface area contributed by atoms with E-state index in [9.17, 15) is 0 Å². The molecule has 0 fully saturated rings. The van der Waals surface area contributed by atoms with Crippen molar-refractivity contribution in [2.45, 2.75) is 45.8 Å². The lowest BCUT2D eigenvalue weighted by molar-refractivity contribution is -0.130. The van der Waals surface area contributed by atoms with Crippen molar-refractivity contribution >= 4 is 0 Å². The molecule has 3 atom stereocenters. The molecule has 0 aromatic carbocycles. The molecule has 0 spiro atoms. The number of ether oxygens (including phenoxy) is 1. The van der Waals surface area contributed by atoms with E-state index in [0.29, 0.717) is 0 Å². The fraction of sp³-hybridized carbons (Fsp3) is 1.00. The maximum atomic E-state index is 5.90. The van der Waals surface area contributed by atoms with Crippen LogP contribution in [0.2, 0.25) is 0 Å². The zero-order valence-corrected chi connectivity index (χ0v) is 10.3. The van der Waals surface area contributed by atoms with Gasteiger partial charge in [0.15, 0.2) is 0 Å². The molecule has 0 aliphatic carbocycles. The zero-order valence-electron chi connectivity index (χ0n) is 10.3. The van der Waals surface area contributed by atoms with E-state index in [2.05, 4.69) is 6.92 Å². The molecule has 4 nitrogen and oxygen atoms in total. The van der Waals surface area contributed by atoms with Gasteiger partial charge in [0, 0.05) is 0 Å². The molecule has 14 heavy (non-hydrogen) atoms. The summed E-state index contributed by atoms with van der Waals surface area (Å²) in [6.07, 6.45) is 1.15. The van der Waals surface area contributed by atoms with Gasteiger partial charge in [-0.3, -0.25) is 9.80 Å². The molecule has 0 heterocycles. The van der Waals surface area contributed by atoms with Crippen LogP contribution in [0.15, 0.2) is 0 Å². The molecule has 0 saturated heterocycles. The van der Waals surface area contributed by atoms with Crippen LogP contribution in [-0.2, 0) is 4.74 Å². The van der Waals surface area contributed by atoms with Crippen molar-refractivity contribution in [3.8, 4) is 0 Å². The van der Waals surface area contributed by atoms with Crippen molar-refractivity contribution in [2.75, 3.05) is 21.1 Å². The van der Waals surface area contributed by atoms with Crippen LogP contribution in [0.4, 0.5) is 0 Å². The van der Waals surface area contributed by atoms with Gasteiger partial charge in [-0.25, -0.2) is 0 Å². The van der Waals surface area contributed by atoms with Crippen molar-refractivity contribution in [1.82, 2.24) is 9.80 Å². The summed E-state index contributed by atoms with van der Waals surface area (Å²) in [6, 6.07) is 0. The third-order valence-corrected chi connectivity index (χ3v) is 2.64. The molecule has 3 unspecified atom stereocenters. The first-order chi connectivity index (χ1) is 6.40. The molecule has 0 aromatic heterocycles. The summed E-state index contributed by atoms with van der Waals surface area (Å²) in [7, 11) is 5.98. The summed E-state index contributed by atoms with van der Waals surface area (Å²) < 4.78 is 5.77. The van der Waals surface area contributed by atoms with Crippen molar-refractivity contribution in [3.05, 3.63) is 0 Å². The monoisotopic (exact) mass is 203 g/mol. The van der Waals surface area contributed by atoms with Crippen LogP contribution in [0, 0.1) is 0 Å². The number of nitrogens with zero attached hydrogens (tertiary/aromatic N) is 2. The Hall–Kier alpha value is -0.160. The second-order valence-electron chi connectivity index (χ2n) is 3.94. The van der Waals surface area contributed by atoms with E-state index in [4.69, 9.17) is 10.5 Å². The fourth-order valence-corrected chi connectivity index (χ4v) is 1.06. The Bertz CT molecular complexity index is 152. The molecule has 0 saturated carbocycles. The molecule has 0 aliphatic heterocycles. The minimum atomic E-state index is 0.0438. The Labute approximate surface area is 88.0 Å². The molecule has 0 aromatic rings. The van der Waals surface area contributed by atoms with Gasteiger partial charge in [-0.2, -0.15) is 0 Å². The van der Waals surface area contributed by atoms with Gasteiger partial charge >= 0.3 is 0 Å². The molecule has 0 amide bonds. The van der Waals surface area contributed by atoms with E-state index < -0.39 is 0 Å². The van der Waals surface area contributed by atoms with Crippen LogP contribution < -0.4 is 5.73 Å². The number of nitrogens with two attached hydrogens (primary N) is 1. The van der Waals surface area contributed by atoms with Gasteiger partial charge in [0.1, 0.15) is 12.5 Å². The summed E-state index contributed by atoms with van der Waals surface area (Å²) >= 11 is 0. The minimum Gasteiger partial charge on any atom is -0.345 e. The van der Waals surface area contributed by atoms with E-state index in [-0.39, 0.29) is 18.6 Å². The molecular formula is C10H25N3O. The highest BCUT2D eigenvalue weighted by molar-refractivity contribution is 4.62. The highest BCUT2D eigenvalue weighted by Gasteiger charge is 2.18. The van der Waals surface area contributed by atoms with Gasteiger partial charge in [0.05, 0.1) is 6.17 Å². The average Bonchev–Trinajstić information content (AvgIpc) is 2.14. The van der Waals surface area contributed by atoms with Crippen LogP contribution >= 0.6 is 0 Å². The SMILES string of the molecule is CCC(N)N(C)C(C)OC(C)N(C)C. The van der Waals surface area contributed by atoms with E-state index in [1.807, 2.05) is 44.8 Å². The first kappa shape index (κ1) is 13.8.